The molecule has 9 heteroatoms. The minimum absolute atomic E-state index is 0.364. The van der Waals surface area contributed by atoms with Crippen LogP contribution in [0, 0.1) is 6.92 Å². The van der Waals surface area contributed by atoms with Crippen LogP contribution in [0.2, 0.25) is 0 Å². The summed E-state index contributed by atoms with van der Waals surface area (Å²) in [6, 6.07) is 15.9. The van der Waals surface area contributed by atoms with Gasteiger partial charge in [-0.2, -0.15) is 0 Å². The zero-order chi connectivity index (χ0) is 33.4. The van der Waals surface area contributed by atoms with Crippen molar-refractivity contribution in [3.8, 4) is 16.9 Å². The summed E-state index contributed by atoms with van der Waals surface area (Å²) in [7, 11) is 0. The minimum atomic E-state index is -0.960. The van der Waals surface area contributed by atoms with Gasteiger partial charge in [-0.3, -0.25) is 0 Å². The lowest BCUT2D eigenvalue weighted by atomic mass is 9.87. The van der Waals surface area contributed by atoms with Crippen LogP contribution in [0.5, 0.6) is 0 Å². The zero-order valence-electron chi connectivity index (χ0n) is 29.2. The van der Waals surface area contributed by atoms with E-state index in [1.807, 2.05) is 61.7 Å². The average Bonchev–Trinajstić information content (AvgIpc) is 3.59. The van der Waals surface area contributed by atoms with Gasteiger partial charge in [0.2, 0.25) is 0 Å². The molecule has 1 N–H and O–H groups in total. The van der Waals surface area contributed by atoms with Crippen molar-refractivity contribution in [3.63, 3.8) is 0 Å². The first-order chi connectivity index (χ1) is 23.0. The molecule has 0 spiro atoms. The van der Waals surface area contributed by atoms with E-state index in [0.717, 1.165) is 79.4 Å². The van der Waals surface area contributed by atoms with Gasteiger partial charge < -0.3 is 28.8 Å². The van der Waals surface area contributed by atoms with Gasteiger partial charge in [0, 0.05) is 32.0 Å². The van der Waals surface area contributed by atoms with Gasteiger partial charge in [-0.25, -0.2) is 4.68 Å². The molecular weight excluding hydrogens is 594 g/mol. The van der Waals surface area contributed by atoms with E-state index in [2.05, 4.69) is 38.0 Å². The molecule has 0 amide bonds. The van der Waals surface area contributed by atoms with E-state index < -0.39 is 30.5 Å². The van der Waals surface area contributed by atoms with Gasteiger partial charge >= 0.3 is 0 Å². The molecule has 2 unspecified atom stereocenters. The molecule has 6 atom stereocenters. The Morgan fingerprint density at radius 2 is 1.40 bits per heavy atom. The van der Waals surface area contributed by atoms with Gasteiger partial charge in [-0.1, -0.05) is 95.0 Å². The Bertz CT molecular complexity index is 1290. The first-order valence-corrected chi connectivity index (χ1v) is 17.9. The van der Waals surface area contributed by atoms with Crippen molar-refractivity contribution < 1.29 is 28.8 Å². The van der Waals surface area contributed by atoms with E-state index in [4.69, 9.17) is 23.7 Å². The fourth-order valence-electron chi connectivity index (χ4n) is 5.89. The number of aliphatic hydroxyl groups excluding tert-OH is 1. The highest BCUT2D eigenvalue weighted by Gasteiger charge is 2.50. The first-order valence-electron chi connectivity index (χ1n) is 17.9. The number of aryl methyl sites for hydroxylation is 1. The Morgan fingerprint density at radius 1 is 0.787 bits per heavy atom. The maximum Gasteiger partial charge on any atom is 0.117 e. The van der Waals surface area contributed by atoms with Gasteiger partial charge in [0.15, 0.2) is 0 Å². The SMILES string of the molecule is CCCCOCC1O[C@H]([C@H](O)c2ccc(-n3cc(-c4ccccc4)nn3)cc2C)C(OCCCC)[C@@H](OCCCC)[C@@H]1OCCCC. The average molecular weight is 652 g/mol. The van der Waals surface area contributed by atoms with Crippen LogP contribution in [0.4, 0.5) is 0 Å². The number of unbranched alkanes of at least 4 members (excludes halogenated alkanes) is 4. The molecule has 2 aromatic carbocycles. The third-order valence-electron chi connectivity index (χ3n) is 8.73. The first kappa shape index (κ1) is 37.2. The van der Waals surface area contributed by atoms with Crippen LogP contribution in [0.1, 0.15) is 96.3 Å². The molecule has 0 bridgehead atoms. The van der Waals surface area contributed by atoms with Crippen LogP contribution in [0.15, 0.2) is 54.7 Å². The monoisotopic (exact) mass is 651 g/mol. The number of aliphatic hydroxyl groups is 1. The number of rotatable bonds is 21. The predicted octanol–water partition coefficient (Wildman–Crippen LogP) is 7.42. The van der Waals surface area contributed by atoms with E-state index >= 15 is 0 Å². The Morgan fingerprint density at radius 3 is 2.04 bits per heavy atom. The highest BCUT2D eigenvalue weighted by Crippen LogP contribution is 2.36. The van der Waals surface area contributed by atoms with Crippen molar-refractivity contribution >= 4 is 0 Å². The van der Waals surface area contributed by atoms with Gasteiger partial charge in [0.05, 0.1) is 18.5 Å². The summed E-state index contributed by atoms with van der Waals surface area (Å²) in [5, 5.41) is 20.9. The van der Waals surface area contributed by atoms with Crippen LogP contribution >= 0.6 is 0 Å². The lowest BCUT2D eigenvalue weighted by Crippen LogP contribution is -2.62. The molecule has 0 aliphatic carbocycles. The molecule has 4 rings (SSSR count). The molecule has 1 fully saturated rings. The van der Waals surface area contributed by atoms with Crippen molar-refractivity contribution in [2.24, 2.45) is 0 Å². The molecule has 0 saturated carbocycles. The van der Waals surface area contributed by atoms with E-state index in [1.165, 1.54) is 0 Å². The number of ether oxygens (including phenoxy) is 5. The number of aromatic nitrogens is 3. The maximum absolute atomic E-state index is 12.1. The van der Waals surface area contributed by atoms with Gasteiger partial charge in [0.25, 0.3) is 0 Å². The Kier molecular flexibility index (Phi) is 15.8. The van der Waals surface area contributed by atoms with Gasteiger partial charge in [-0.05, 0) is 55.9 Å². The topological polar surface area (TPSA) is 97.1 Å². The van der Waals surface area contributed by atoms with E-state index in [-0.39, 0.29) is 6.10 Å². The van der Waals surface area contributed by atoms with Crippen molar-refractivity contribution in [3.05, 3.63) is 65.9 Å². The fourth-order valence-corrected chi connectivity index (χ4v) is 5.89. The predicted molar refractivity (Wildman–Crippen MR) is 185 cm³/mol. The molecule has 260 valence electrons. The van der Waals surface area contributed by atoms with Crippen LogP contribution in [-0.2, 0) is 23.7 Å². The molecule has 1 saturated heterocycles. The highest BCUT2D eigenvalue weighted by atomic mass is 16.6. The summed E-state index contributed by atoms with van der Waals surface area (Å²) in [4.78, 5) is 0. The zero-order valence-corrected chi connectivity index (χ0v) is 29.2. The van der Waals surface area contributed by atoms with Crippen LogP contribution in [0.25, 0.3) is 16.9 Å². The molecule has 1 aliphatic heterocycles. The lowest BCUT2D eigenvalue weighted by Gasteiger charge is -2.47. The number of benzene rings is 2. The lowest BCUT2D eigenvalue weighted by molar-refractivity contribution is -0.281. The summed E-state index contributed by atoms with van der Waals surface area (Å²) in [5.41, 5.74) is 4.36. The summed E-state index contributed by atoms with van der Waals surface area (Å²) in [6.07, 6.45) is 6.43. The molecule has 47 heavy (non-hydrogen) atoms. The normalized spacial score (nSPS) is 22.0. The highest BCUT2D eigenvalue weighted by molar-refractivity contribution is 5.58. The minimum Gasteiger partial charge on any atom is -0.386 e. The smallest absolute Gasteiger partial charge is 0.117 e. The van der Waals surface area contributed by atoms with Crippen molar-refractivity contribution in [2.75, 3.05) is 33.0 Å². The molecule has 0 radical (unpaired) electrons. The van der Waals surface area contributed by atoms with E-state index in [0.29, 0.717) is 33.0 Å². The van der Waals surface area contributed by atoms with Gasteiger partial charge in [0.1, 0.15) is 42.3 Å². The van der Waals surface area contributed by atoms with Crippen molar-refractivity contribution in [2.45, 2.75) is 123 Å². The molecule has 1 aliphatic rings. The molecular formula is C38H57N3O6. The second-order valence-corrected chi connectivity index (χ2v) is 12.5. The quantitative estimate of drug-likeness (QED) is 0.119. The number of hydrogen-bond donors (Lipinski definition) is 1. The van der Waals surface area contributed by atoms with Crippen molar-refractivity contribution in [1.82, 2.24) is 15.0 Å². The molecule has 9 nitrogen and oxygen atoms in total. The van der Waals surface area contributed by atoms with Crippen LogP contribution < -0.4 is 0 Å². The Hall–Kier alpha value is -2.66. The van der Waals surface area contributed by atoms with Crippen LogP contribution in [-0.4, -0.2) is 83.7 Å². The Labute approximate surface area is 281 Å². The molecule has 3 aromatic rings. The standard InChI is InChI=1S/C38H57N3O6/c1-6-10-21-43-27-33-35(44-22-11-7-2)37(45-23-12-8-3)38(46-24-13-9-4)36(47-33)34(42)31-20-19-30(25-28(31)5)41-26-32(39-40-41)29-17-15-14-16-18-29/h14-20,25-26,33-38,42H,6-13,21-24,27H2,1-5H3/t33?,34-,35-,36-,37+,38?/m1/s1. The summed E-state index contributed by atoms with van der Waals surface area (Å²) in [5.74, 6) is 0. The van der Waals surface area contributed by atoms with Crippen LogP contribution in [0.3, 0.4) is 0 Å². The fraction of sp³-hybridized carbons (Fsp3) is 0.632. The third-order valence-corrected chi connectivity index (χ3v) is 8.73. The molecule has 2 heterocycles. The largest absolute Gasteiger partial charge is 0.386 e. The van der Waals surface area contributed by atoms with E-state index in [1.54, 1.807) is 4.68 Å². The maximum atomic E-state index is 12.1. The second-order valence-electron chi connectivity index (χ2n) is 12.5. The second kappa shape index (κ2) is 20.0. The Balaban J connectivity index is 1.63. The number of nitrogens with zero attached hydrogens (tertiary/aromatic N) is 3. The summed E-state index contributed by atoms with van der Waals surface area (Å²) < 4.78 is 34.4. The number of hydrogen-bond acceptors (Lipinski definition) is 8. The summed E-state index contributed by atoms with van der Waals surface area (Å²) >= 11 is 0. The van der Waals surface area contributed by atoms with Crippen molar-refractivity contribution in [1.29, 1.82) is 0 Å². The third kappa shape index (κ3) is 10.4. The molecule has 1 aromatic heterocycles. The summed E-state index contributed by atoms with van der Waals surface area (Å²) in [6.45, 7) is 13.4. The van der Waals surface area contributed by atoms with E-state index in [9.17, 15) is 5.11 Å². The van der Waals surface area contributed by atoms with Gasteiger partial charge in [-0.15, -0.1) is 5.10 Å².